The molecule has 0 radical (unpaired) electrons. The minimum atomic E-state index is -2.80. The van der Waals surface area contributed by atoms with Crippen LogP contribution >= 0.6 is 0 Å². The second kappa shape index (κ2) is 8.46. The topological polar surface area (TPSA) is 96.0 Å². The van der Waals surface area contributed by atoms with Crippen molar-refractivity contribution in [1.29, 1.82) is 0 Å². The minimum Gasteiger partial charge on any atom is -0.459 e. The van der Waals surface area contributed by atoms with Crippen molar-refractivity contribution in [3.05, 3.63) is 0 Å². The van der Waals surface area contributed by atoms with Gasteiger partial charge in [0.1, 0.15) is 18.5 Å². The van der Waals surface area contributed by atoms with Crippen LogP contribution < -0.4 is 0 Å². The van der Waals surface area contributed by atoms with Crippen molar-refractivity contribution in [1.82, 2.24) is 0 Å². The average Bonchev–Trinajstić information content (AvgIpc) is 3.00. The van der Waals surface area contributed by atoms with Crippen LogP contribution in [0.5, 0.6) is 0 Å². The van der Waals surface area contributed by atoms with E-state index < -0.39 is 53.4 Å². The minimum absolute atomic E-state index is 0.0334. The molecule has 0 amide bonds. The number of cyclic esters (lactones) is 1. The van der Waals surface area contributed by atoms with Crippen LogP contribution in [0.25, 0.3) is 0 Å². The third-order valence-corrected chi connectivity index (χ3v) is 5.65. The van der Waals surface area contributed by atoms with E-state index in [1.54, 1.807) is 6.92 Å². The summed E-state index contributed by atoms with van der Waals surface area (Å²) in [5.74, 6) is -4.48. The number of esters is 2. The number of alkyl halides is 1. The first-order valence-electron chi connectivity index (χ1n) is 9.23. The van der Waals surface area contributed by atoms with Gasteiger partial charge in [-0.1, -0.05) is 13.8 Å². The zero-order valence-electron chi connectivity index (χ0n) is 16.2. The number of ether oxygens (including phenoxy) is 3. The molecule has 0 aromatic heterocycles. The summed E-state index contributed by atoms with van der Waals surface area (Å²) in [5.41, 5.74) is -2.80. The number of rotatable bonds is 1. The van der Waals surface area contributed by atoms with Crippen molar-refractivity contribution in [3.8, 4) is 0 Å². The lowest BCUT2D eigenvalue weighted by Gasteiger charge is -2.27. The number of methoxy groups -OCH3 is 1. The van der Waals surface area contributed by atoms with Gasteiger partial charge in [0, 0.05) is 31.3 Å². The van der Waals surface area contributed by atoms with Crippen LogP contribution in [0.1, 0.15) is 46.5 Å². The highest BCUT2D eigenvalue weighted by Gasteiger charge is 2.47. The lowest BCUT2D eigenvalue weighted by molar-refractivity contribution is -0.168. The van der Waals surface area contributed by atoms with Crippen LogP contribution in [0.3, 0.4) is 0 Å². The van der Waals surface area contributed by atoms with Gasteiger partial charge in [-0.3, -0.25) is 14.4 Å². The molecule has 0 N–H and O–H groups in total. The second-order valence-electron chi connectivity index (χ2n) is 7.65. The number of fused-ring (bicyclic) bond motifs is 1. The summed E-state index contributed by atoms with van der Waals surface area (Å²) in [5, 5.41) is 0. The van der Waals surface area contributed by atoms with E-state index >= 15 is 0 Å². The molecule has 0 unspecified atom stereocenters. The van der Waals surface area contributed by atoms with Gasteiger partial charge in [0.15, 0.2) is 5.78 Å². The fraction of sp³-hybridized carbons (Fsp3) is 0.789. The van der Waals surface area contributed by atoms with Gasteiger partial charge in [-0.25, -0.2) is 9.18 Å². The molecule has 0 spiro atoms. The quantitative estimate of drug-likeness (QED) is 0.501. The maximum absolute atomic E-state index is 14.8. The average molecular weight is 386 g/mol. The van der Waals surface area contributed by atoms with Gasteiger partial charge in [0.25, 0.3) is 5.67 Å². The van der Waals surface area contributed by atoms with Gasteiger partial charge >= 0.3 is 11.9 Å². The molecular formula is C19H27FO7. The molecule has 0 aliphatic carbocycles. The molecule has 6 atom stereocenters. The highest BCUT2D eigenvalue weighted by Crippen LogP contribution is 2.32. The van der Waals surface area contributed by atoms with E-state index in [-0.39, 0.29) is 31.7 Å². The van der Waals surface area contributed by atoms with Crippen molar-refractivity contribution in [2.75, 3.05) is 13.7 Å². The number of halogens is 1. The fourth-order valence-electron chi connectivity index (χ4n) is 3.74. The molecule has 2 heterocycles. The highest BCUT2D eigenvalue weighted by atomic mass is 19.1. The van der Waals surface area contributed by atoms with Crippen molar-refractivity contribution in [3.63, 3.8) is 0 Å². The Bertz CT molecular complexity index is 615. The molecule has 0 aromatic rings. The smallest absolute Gasteiger partial charge is 0.351 e. The fourth-order valence-corrected chi connectivity index (χ4v) is 3.74. The number of carbonyl (C=O) groups excluding carboxylic acids is 4. The molecular weight excluding hydrogens is 359 g/mol. The van der Waals surface area contributed by atoms with Crippen molar-refractivity contribution in [2.45, 2.75) is 64.3 Å². The predicted molar refractivity (Wildman–Crippen MR) is 91.4 cm³/mol. The van der Waals surface area contributed by atoms with E-state index in [2.05, 4.69) is 0 Å². The molecule has 0 bridgehead atoms. The van der Waals surface area contributed by atoms with Crippen molar-refractivity contribution in [2.24, 2.45) is 17.8 Å². The van der Waals surface area contributed by atoms with E-state index in [0.717, 1.165) is 6.92 Å². The summed E-state index contributed by atoms with van der Waals surface area (Å²) in [6, 6.07) is 0. The Morgan fingerprint density at radius 2 is 1.85 bits per heavy atom. The Kier molecular flexibility index (Phi) is 6.72. The molecule has 0 saturated carbocycles. The molecule has 2 rings (SSSR count). The van der Waals surface area contributed by atoms with E-state index in [9.17, 15) is 23.6 Å². The van der Waals surface area contributed by atoms with Crippen LogP contribution in [-0.4, -0.2) is 55.1 Å². The predicted octanol–water partition coefficient (Wildman–Crippen LogP) is 1.80. The largest absolute Gasteiger partial charge is 0.459 e. The zero-order chi connectivity index (χ0) is 20.4. The Labute approximate surface area is 157 Å². The van der Waals surface area contributed by atoms with Crippen LogP contribution in [0.15, 0.2) is 0 Å². The van der Waals surface area contributed by atoms with Gasteiger partial charge in [-0.2, -0.15) is 0 Å². The zero-order valence-corrected chi connectivity index (χ0v) is 16.2. The third-order valence-electron chi connectivity index (χ3n) is 5.65. The monoisotopic (exact) mass is 386 g/mol. The standard InChI is InChI=1S/C19H27FO7/c1-10-7-12(25-4)5-6-14(21)11(2)13-8-16(22)27-15(13)9-26-18(24)19(3,20)17(10)23/h10-13,15H,5-9H2,1-4H3/t10-,11-,12-,13-,15-,19+/m1/s1. The summed E-state index contributed by atoms with van der Waals surface area (Å²) in [6.45, 7) is 3.73. The molecule has 27 heavy (non-hydrogen) atoms. The van der Waals surface area contributed by atoms with Gasteiger partial charge in [0.05, 0.1) is 12.5 Å². The summed E-state index contributed by atoms with van der Waals surface area (Å²) in [6.07, 6.45) is -0.443. The number of ketones is 2. The highest BCUT2D eigenvalue weighted by molar-refractivity contribution is 6.07. The van der Waals surface area contributed by atoms with Crippen molar-refractivity contribution < 1.29 is 37.8 Å². The number of hydrogen-bond acceptors (Lipinski definition) is 7. The maximum atomic E-state index is 14.8. The summed E-state index contributed by atoms with van der Waals surface area (Å²) in [4.78, 5) is 48.8. The molecule has 2 fully saturated rings. The van der Waals surface area contributed by atoms with Gasteiger partial charge in [0.2, 0.25) is 0 Å². The first-order valence-corrected chi connectivity index (χ1v) is 9.23. The van der Waals surface area contributed by atoms with Gasteiger partial charge < -0.3 is 14.2 Å². The number of carbonyl (C=O) groups is 4. The molecule has 0 aromatic carbocycles. The van der Waals surface area contributed by atoms with E-state index in [0.29, 0.717) is 6.42 Å². The first kappa shape index (κ1) is 21.5. The Morgan fingerprint density at radius 1 is 1.19 bits per heavy atom. The number of hydrogen-bond donors (Lipinski definition) is 0. The third kappa shape index (κ3) is 4.72. The second-order valence-corrected chi connectivity index (χ2v) is 7.65. The Hall–Kier alpha value is -1.83. The Morgan fingerprint density at radius 3 is 2.48 bits per heavy atom. The summed E-state index contributed by atoms with van der Waals surface area (Å²) >= 11 is 0. The van der Waals surface area contributed by atoms with Crippen LogP contribution in [-0.2, 0) is 33.4 Å². The molecule has 2 aliphatic rings. The van der Waals surface area contributed by atoms with E-state index in [1.807, 2.05) is 0 Å². The first-order chi connectivity index (χ1) is 12.6. The molecule has 2 saturated heterocycles. The SMILES string of the molecule is CO[C@@H]1CCC(=O)[C@H](C)[C@H]2CC(=O)O[C@@H]2COC(=O)[C@@](C)(F)C(=O)[C@H](C)C1. The summed E-state index contributed by atoms with van der Waals surface area (Å²) in [7, 11) is 1.46. The normalized spacial score (nSPS) is 39.4. The lowest BCUT2D eigenvalue weighted by atomic mass is 9.82. The molecule has 152 valence electrons. The summed E-state index contributed by atoms with van der Waals surface area (Å²) < 4.78 is 30.3. The van der Waals surface area contributed by atoms with Crippen LogP contribution in [0.4, 0.5) is 4.39 Å². The molecule has 2 aliphatic heterocycles. The van der Waals surface area contributed by atoms with Crippen LogP contribution in [0, 0.1) is 17.8 Å². The number of Topliss-reactive ketones (excluding diaryl/α,β-unsaturated/α-hetero) is 2. The lowest BCUT2D eigenvalue weighted by Crippen LogP contribution is -2.45. The van der Waals surface area contributed by atoms with E-state index in [4.69, 9.17) is 14.2 Å². The van der Waals surface area contributed by atoms with Crippen molar-refractivity contribution >= 4 is 23.5 Å². The molecule has 8 heteroatoms. The van der Waals surface area contributed by atoms with Gasteiger partial charge in [-0.05, 0) is 19.8 Å². The van der Waals surface area contributed by atoms with E-state index in [1.165, 1.54) is 14.0 Å². The van der Waals surface area contributed by atoms with Gasteiger partial charge in [-0.15, -0.1) is 0 Å². The van der Waals surface area contributed by atoms with Crippen LogP contribution in [0.2, 0.25) is 0 Å². The molecule has 7 nitrogen and oxygen atoms in total. The Balaban J connectivity index is 2.28. The maximum Gasteiger partial charge on any atom is 0.351 e.